The molecule has 1 aromatic carbocycles. The summed E-state index contributed by atoms with van der Waals surface area (Å²) in [4.78, 5) is 1.82. The van der Waals surface area contributed by atoms with Gasteiger partial charge < -0.3 is 15.1 Å². The second-order valence-corrected chi connectivity index (χ2v) is 4.60. The van der Waals surface area contributed by atoms with Crippen molar-refractivity contribution in [2.24, 2.45) is 0 Å². The maximum Gasteiger partial charge on any atom is 0.146 e. The van der Waals surface area contributed by atoms with Crippen LogP contribution in [0.3, 0.4) is 0 Å². The Labute approximate surface area is 100 Å². The van der Waals surface area contributed by atoms with Crippen LogP contribution in [0.25, 0.3) is 0 Å². The molecule has 1 aliphatic rings. The highest BCUT2D eigenvalue weighted by Crippen LogP contribution is 2.31. The first kappa shape index (κ1) is 12.3. The fourth-order valence-electron chi connectivity index (χ4n) is 2.36. The Balaban J connectivity index is 2.35. The molecule has 2 unspecified atom stereocenters. The first-order valence-corrected chi connectivity index (χ1v) is 5.99. The molecule has 2 atom stereocenters. The lowest BCUT2D eigenvalue weighted by atomic mass is 10.0. The molecule has 94 valence electrons. The van der Waals surface area contributed by atoms with Gasteiger partial charge in [-0.2, -0.15) is 0 Å². The highest BCUT2D eigenvalue weighted by atomic mass is 19.1. The number of hydrogen-bond donors (Lipinski definition) is 2. The molecule has 2 rings (SSSR count). The van der Waals surface area contributed by atoms with Crippen LogP contribution in [-0.2, 0) is 0 Å². The quantitative estimate of drug-likeness (QED) is 0.827. The number of anilines is 1. The highest BCUT2D eigenvalue weighted by Gasteiger charge is 2.23. The van der Waals surface area contributed by atoms with Gasteiger partial charge in [0.05, 0.1) is 17.9 Å². The van der Waals surface area contributed by atoms with E-state index in [1.54, 1.807) is 19.1 Å². The molecule has 0 saturated carbocycles. The SMILES string of the molecule is CC(O)c1cccc(F)c1N1CCCC(O)C1. The van der Waals surface area contributed by atoms with Gasteiger partial charge in [0.2, 0.25) is 0 Å². The third-order valence-corrected chi connectivity index (χ3v) is 3.18. The lowest BCUT2D eigenvalue weighted by molar-refractivity contribution is 0.153. The molecule has 1 saturated heterocycles. The third kappa shape index (κ3) is 2.58. The van der Waals surface area contributed by atoms with Crippen molar-refractivity contribution in [2.45, 2.75) is 32.0 Å². The van der Waals surface area contributed by atoms with Crippen LogP contribution in [0.4, 0.5) is 10.1 Å². The Morgan fingerprint density at radius 2 is 2.24 bits per heavy atom. The second-order valence-electron chi connectivity index (χ2n) is 4.60. The van der Waals surface area contributed by atoms with E-state index in [9.17, 15) is 14.6 Å². The van der Waals surface area contributed by atoms with Gasteiger partial charge >= 0.3 is 0 Å². The predicted octanol–water partition coefficient (Wildman–Crippen LogP) is 1.84. The number of nitrogens with zero attached hydrogens (tertiary/aromatic N) is 1. The van der Waals surface area contributed by atoms with Gasteiger partial charge in [-0.15, -0.1) is 0 Å². The number of piperidine rings is 1. The molecule has 2 N–H and O–H groups in total. The summed E-state index contributed by atoms with van der Waals surface area (Å²) in [5, 5.41) is 19.3. The molecule has 1 aliphatic heterocycles. The average Bonchev–Trinajstić information content (AvgIpc) is 2.28. The summed E-state index contributed by atoms with van der Waals surface area (Å²) >= 11 is 0. The maximum absolute atomic E-state index is 13.9. The molecule has 0 spiro atoms. The first-order valence-electron chi connectivity index (χ1n) is 5.99. The Bertz CT molecular complexity index is 395. The maximum atomic E-state index is 13.9. The average molecular weight is 239 g/mol. The van der Waals surface area contributed by atoms with Crippen molar-refractivity contribution in [3.05, 3.63) is 29.6 Å². The van der Waals surface area contributed by atoms with E-state index in [1.807, 2.05) is 4.90 Å². The van der Waals surface area contributed by atoms with E-state index in [2.05, 4.69) is 0 Å². The van der Waals surface area contributed by atoms with Gasteiger partial charge in [-0.1, -0.05) is 12.1 Å². The number of aliphatic hydroxyl groups is 2. The number of β-amino-alcohol motifs (C(OH)–C–C–N with tert-alkyl or cyclic N) is 1. The number of halogens is 1. The molecular formula is C13H18FNO2. The molecule has 17 heavy (non-hydrogen) atoms. The van der Waals surface area contributed by atoms with Crippen molar-refractivity contribution in [1.82, 2.24) is 0 Å². The van der Waals surface area contributed by atoms with Gasteiger partial charge in [-0.25, -0.2) is 4.39 Å². The van der Waals surface area contributed by atoms with E-state index in [-0.39, 0.29) is 5.82 Å². The zero-order valence-electron chi connectivity index (χ0n) is 9.93. The standard InChI is InChI=1S/C13H18FNO2/c1-9(16)11-5-2-6-12(14)13(11)15-7-3-4-10(17)8-15/h2,5-6,9-10,16-17H,3-4,7-8H2,1H3. The van der Waals surface area contributed by atoms with Crippen molar-refractivity contribution < 1.29 is 14.6 Å². The van der Waals surface area contributed by atoms with Gasteiger partial charge in [0.25, 0.3) is 0 Å². The normalized spacial score (nSPS) is 22.6. The van der Waals surface area contributed by atoms with Gasteiger partial charge in [-0.3, -0.25) is 0 Å². The third-order valence-electron chi connectivity index (χ3n) is 3.18. The molecule has 4 heteroatoms. The largest absolute Gasteiger partial charge is 0.391 e. The Morgan fingerprint density at radius 1 is 1.47 bits per heavy atom. The molecule has 1 fully saturated rings. The first-order chi connectivity index (χ1) is 8.09. The molecular weight excluding hydrogens is 221 g/mol. The molecule has 1 heterocycles. The number of aliphatic hydroxyl groups excluding tert-OH is 2. The summed E-state index contributed by atoms with van der Waals surface area (Å²) < 4.78 is 13.9. The van der Waals surface area contributed by atoms with Crippen LogP contribution in [0.5, 0.6) is 0 Å². The van der Waals surface area contributed by atoms with Crippen LogP contribution in [0.15, 0.2) is 18.2 Å². The molecule has 0 aliphatic carbocycles. The topological polar surface area (TPSA) is 43.7 Å². The number of para-hydroxylation sites is 1. The van der Waals surface area contributed by atoms with Crippen LogP contribution in [0, 0.1) is 5.82 Å². The summed E-state index contributed by atoms with van der Waals surface area (Å²) in [6, 6.07) is 4.72. The fraction of sp³-hybridized carbons (Fsp3) is 0.538. The second kappa shape index (κ2) is 5.02. The monoisotopic (exact) mass is 239 g/mol. The van der Waals surface area contributed by atoms with Crippen LogP contribution in [0.2, 0.25) is 0 Å². The lowest BCUT2D eigenvalue weighted by Crippen LogP contribution is -2.39. The van der Waals surface area contributed by atoms with E-state index < -0.39 is 12.2 Å². The van der Waals surface area contributed by atoms with Gasteiger partial charge in [-0.05, 0) is 25.8 Å². The number of benzene rings is 1. The summed E-state index contributed by atoms with van der Waals surface area (Å²) in [6.45, 7) is 2.77. The highest BCUT2D eigenvalue weighted by molar-refractivity contribution is 5.56. The Kier molecular flexibility index (Phi) is 3.64. The molecule has 0 bridgehead atoms. The van der Waals surface area contributed by atoms with Crippen molar-refractivity contribution in [1.29, 1.82) is 0 Å². The number of hydrogen-bond acceptors (Lipinski definition) is 3. The van der Waals surface area contributed by atoms with Crippen LogP contribution < -0.4 is 4.90 Å². The summed E-state index contributed by atoms with van der Waals surface area (Å²) in [6.07, 6.45) is 0.481. The van der Waals surface area contributed by atoms with Crippen molar-refractivity contribution in [2.75, 3.05) is 18.0 Å². The van der Waals surface area contributed by atoms with Crippen LogP contribution >= 0.6 is 0 Å². The lowest BCUT2D eigenvalue weighted by Gasteiger charge is -2.34. The molecule has 3 nitrogen and oxygen atoms in total. The smallest absolute Gasteiger partial charge is 0.146 e. The molecule has 0 amide bonds. The summed E-state index contributed by atoms with van der Waals surface area (Å²) in [5.74, 6) is -0.336. The van der Waals surface area contributed by atoms with Crippen LogP contribution in [-0.4, -0.2) is 29.4 Å². The van der Waals surface area contributed by atoms with E-state index >= 15 is 0 Å². The van der Waals surface area contributed by atoms with E-state index in [0.717, 1.165) is 19.4 Å². The van der Waals surface area contributed by atoms with E-state index in [1.165, 1.54) is 6.07 Å². The zero-order valence-corrected chi connectivity index (χ0v) is 9.93. The molecule has 0 aromatic heterocycles. The minimum atomic E-state index is -0.709. The summed E-state index contributed by atoms with van der Waals surface area (Å²) in [5.41, 5.74) is 1.01. The molecule has 0 radical (unpaired) electrons. The number of rotatable bonds is 2. The van der Waals surface area contributed by atoms with E-state index in [0.29, 0.717) is 17.8 Å². The van der Waals surface area contributed by atoms with Gasteiger partial charge in [0.15, 0.2) is 0 Å². The van der Waals surface area contributed by atoms with Gasteiger partial charge in [0, 0.05) is 18.7 Å². The Morgan fingerprint density at radius 3 is 2.88 bits per heavy atom. The van der Waals surface area contributed by atoms with Crippen molar-refractivity contribution in [3.8, 4) is 0 Å². The van der Waals surface area contributed by atoms with Crippen molar-refractivity contribution >= 4 is 5.69 Å². The predicted molar refractivity (Wildman–Crippen MR) is 64.5 cm³/mol. The Hall–Kier alpha value is -1.13. The fourth-order valence-corrected chi connectivity index (χ4v) is 2.36. The van der Waals surface area contributed by atoms with Crippen molar-refractivity contribution in [3.63, 3.8) is 0 Å². The summed E-state index contributed by atoms with van der Waals surface area (Å²) in [7, 11) is 0. The van der Waals surface area contributed by atoms with Crippen LogP contribution in [0.1, 0.15) is 31.4 Å². The zero-order chi connectivity index (χ0) is 12.4. The van der Waals surface area contributed by atoms with Gasteiger partial charge in [0.1, 0.15) is 5.82 Å². The minimum Gasteiger partial charge on any atom is -0.391 e. The van der Waals surface area contributed by atoms with E-state index in [4.69, 9.17) is 0 Å². The molecule has 1 aromatic rings. The minimum absolute atomic E-state index is 0.336.